The number of halogens is 2. The van der Waals surface area contributed by atoms with Gasteiger partial charge in [-0.05, 0) is 83.4 Å². The lowest BCUT2D eigenvalue weighted by Crippen LogP contribution is -2.32. The third-order valence-electron chi connectivity index (χ3n) is 5.53. The summed E-state index contributed by atoms with van der Waals surface area (Å²) in [6, 6.07) is 23.3. The predicted octanol–water partition coefficient (Wildman–Crippen LogP) is 7.35. The molecule has 1 aliphatic rings. The number of fused-ring (bicyclic) bond motifs is 3. The third kappa shape index (κ3) is 4.64. The maximum Gasteiger partial charge on any atom is 0.250 e. The lowest BCUT2D eigenvalue weighted by Gasteiger charge is -2.10. The summed E-state index contributed by atoms with van der Waals surface area (Å²) in [5.41, 5.74) is 6.55. The number of thiocarbonyl (C=S) groups is 1. The Hall–Kier alpha value is -3.38. The van der Waals surface area contributed by atoms with Crippen molar-refractivity contribution in [3.63, 3.8) is 0 Å². The van der Waals surface area contributed by atoms with Gasteiger partial charge in [-0.15, -0.1) is 0 Å². The fourth-order valence-corrected chi connectivity index (χ4v) is 4.59. The van der Waals surface area contributed by atoms with Crippen LogP contribution >= 0.6 is 35.4 Å². The number of nitrogens with one attached hydrogen (secondary N) is 2. The average Bonchev–Trinajstić information content (AvgIpc) is 3.43. The highest BCUT2D eigenvalue weighted by atomic mass is 35.5. The van der Waals surface area contributed by atoms with Crippen LogP contribution in [0.5, 0.6) is 0 Å². The van der Waals surface area contributed by atoms with Crippen molar-refractivity contribution in [2.45, 2.75) is 6.42 Å². The Labute approximate surface area is 212 Å². The van der Waals surface area contributed by atoms with Crippen molar-refractivity contribution < 1.29 is 9.21 Å². The Balaban J connectivity index is 1.20. The molecule has 0 spiro atoms. The number of hydrogen-bond acceptors (Lipinski definition) is 3. The second kappa shape index (κ2) is 9.47. The van der Waals surface area contributed by atoms with Gasteiger partial charge in [0.25, 0.3) is 0 Å². The summed E-state index contributed by atoms with van der Waals surface area (Å²) < 4.78 is 5.77. The molecule has 0 aliphatic heterocycles. The Morgan fingerprint density at radius 2 is 1.71 bits per heavy atom. The van der Waals surface area contributed by atoms with E-state index in [0.29, 0.717) is 27.1 Å². The fraction of sp³-hybridized carbons (Fsp3) is 0.0370. The van der Waals surface area contributed by atoms with Crippen molar-refractivity contribution in [3.8, 4) is 22.5 Å². The number of hydrogen-bond donors (Lipinski definition) is 2. The molecule has 0 bridgehead atoms. The highest BCUT2D eigenvalue weighted by Crippen LogP contribution is 2.37. The van der Waals surface area contributed by atoms with Crippen LogP contribution in [0.3, 0.4) is 0 Å². The van der Waals surface area contributed by atoms with Crippen LogP contribution in [0.15, 0.2) is 83.3 Å². The van der Waals surface area contributed by atoms with E-state index in [1.165, 1.54) is 28.3 Å². The summed E-state index contributed by atoms with van der Waals surface area (Å²) >= 11 is 17.6. The lowest BCUT2D eigenvalue weighted by molar-refractivity contribution is -0.115. The van der Waals surface area contributed by atoms with Gasteiger partial charge in [-0.1, -0.05) is 59.6 Å². The monoisotopic (exact) mass is 504 g/mol. The molecule has 1 heterocycles. The molecular weight excluding hydrogens is 487 g/mol. The highest BCUT2D eigenvalue weighted by Gasteiger charge is 2.18. The van der Waals surface area contributed by atoms with E-state index in [9.17, 15) is 4.79 Å². The smallest absolute Gasteiger partial charge is 0.250 e. The quantitative estimate of drug-likeness (QED) is 0.198. The van der Waals surface area contributed by atoms with E-state index in [1.807, 2.05) is 18.2 Å². The molecule has 34 heavy (non-hydrogen) atoms. The fourth-order valence-electron chi connectivity index (χ4n) is 3.98. The van der Waals surface area contributed by atoms with Gasteiger partial charge in [0.2, 0.25) is 5.91 Å². The second-order valence-electron chi connectivity index (χ2n) is 7.79. The number of carbonyl (C=O) groups excluding carboxylic acids is 1. The molecular formula is C27H18Cl2N2O2S. The Bertz CT molecular complexity index is 1460. The van der Waals surface area contributed by atoms with E-state index < -0.39 is 0 Å². The molecule has 4 aromatic rings. The molecule has 0 radical (unpaired) electrons. The van der Waals surface area contributed by atoms with Crippen LogP contribution < -0.4 is 10.6 Å². The molecule has 7 heteroatoms. The van der Waals surface area contributed by atoms with Crippen molar-refractivity contribution in [2.75, 3.05) is 5.32 Å². The Morgan fingerprint density at radius 3 is 2.59 bits per heavy atom. The van der Waals surface area contributed by atoms with Gasteiger partial charge < -0.3 is 9.73 Å². The number of rotatable bonds is 4. The second-order valence-corrected chi connectivity index (χ2v) is 8.98. The van der Waals surface area contributed by atoms with Crippen molar-refractivity contribution >= 4 is 58.2 Å². The Kier molecular flexibility index (Phi) is 6.24. The van der Waals surface area contributed by atoms with Crippen LogP contribution in [-0.2, 0) is 11.2 Å². The zero-order valence-corrected chi connectivity index (χ0v) is 20.1. The van der Waals surface area contributed by atoms with Gasteiger partial charge in [-0.2, -0.15) is 0 Å². The predicted molar refractivity (Wildman–Crippen MR) is 142 cm³/mol. The molecule has 0 saturated heterocycles. The van der Waals surface area contributed by atoms with Gasteiger partial charge in [0, 0.05) is 17.3 Å². The summed E-state index contributed by atoms with van der Waals surface area (Å²) in [5.74, 6) is 0.687. The average molecular weight is 505 g/mol. The maximum absolute atomic E-state index is 12.3. The minimum Gasteiger partial charge on any atom is -0.457 e. The van der Waals surface area contributed by atoms with Crippen LogP contribution in [0.25, 0.3) is 28.5 Å². The first kappa shape index (κ1) is 22.4. The van der Waals surface area contributed by atoms with Crippen LogP contribution in [0.4, 0.5) is 5.69 Å². The maximum atomic E-state index is 12.3. The molecule has 3 aromatic carbocycles. The van der Waals surface area contributed by atoms with Crippen LogP contribution in [0.2, 0.25) is 10.0 Å². The molecule has 0 atom stereocenters. The van der Waals surface area contributed by atoms with E-state index in [2.05, 4.69) is 41.0 Å². The first-order valence-corrected chi connectivity index (χ1v) is 11.7. The van der Waals surface area contributed by atoms with Crippen LogP contribution in [-0.4, -0.2) is 11.0 Å². The van der Waals surface area contributed by atoms with Crippen LogP contribution in [0, 0.1) is 0 Å². The molecule has 2 N–H and O–H groups in total. The number of benzene rings is 3. The molecule has 1 aromatic heterocycles. The van der Waals surface area contributed by atoms with Gasteiger partial charge in [-0.25, -0.2) is 0 Å². The minimum atomic E-state index is -0.371. The number of carbonyl (C=O) groups is 1. The largest absolute Gasteiger partial charge is 0.457 e. The van der Waals surface area contributed by atoms with Gasteiger partial charge >= 0.3 is 0 Å². The van der Waals surface area contributed by atoms with Crippen molar-refractivity contribution in [2.24, 2.45) is 0 Å². The van der Waals surface area contributed by atoms with Gasteiger partial charge in [0.05, 0.1) is 10.0 Å². The third-order valence-corrected chi connectivity index (χ3v) is 6.55. The van der Waals surface area contributed by atoms with Gasteiger partial charge in [-0.3, -0.25) is 10.1 Å². The van der Waals surface area contributed by atoms with E-state index in [-0.39, 0.29) is 11.0 Å². The summed E-state index contributed by atoms with van der Waals surface area (Å²) in [4.78, 5) is 12.3. The summed E-state index contributed by atoms with van der Waals surface area (Å²) in [5, 5.41) is 6.81. The molecule has 0 fully saturated rings. The summed E-state index contributed by atoms with van der Waals surface area (Å²) in [7, 11) is 0. The van der Waals surface area contributed by atoms with Crippen molar-refractivity contribution in [1.29, 1.82) is 0 Å². The zero-order valence-electron chi connectivity index (χ0n) is 17.8. The zero-order chi connectivity index (χ0) is 23.7. The standard InChI is InChI=1S/C27H18Cl2N2O2S/c28-23-7-3-6-22(26(23)29)24-12-9-19(33-24)10-13-25(32)31-27(34)30-18-8-11-21-17(15-18)14-16-4-1-2-5-20(16)21/h1-13,15H,14H2,(H2,30,31,32,34). The van der Waals surface area contributed by atoms with E-state index in [4.69, 9.17) is 39.8 Å². The van der Waals surface area contributed by atoms with Gasteiger partial charge in [0.1, 0.15) is 11.5 Å². The number of furan rings is 1. The molecule has 168 valence electrons. The normalized spacial score (nSPS) is 11.8. The number of anilines is 1. The summed E-state index contributed by atoms with van der Waals surface area (Å²) in [6.45, 7) is 0. The SMILES string of the molecule is O=C(C=Cc1ccc(-c2cccc(Cl)c2Cl)o1)NC(=S)Nc1ccc2c(c1)Cc1ccccc1-2. The highest BCUT2D eigenvalue weighted by molar-refractivity contribution is 7.80. The van der Waals surface area contributed by atoms with Crippen LogP contribution in [0.1, 0.15) is 16.9 Å². The molecule has 0 saturated carbocycles. The van der Waals surface area contributed by atoms with E-state index in [0.717, 1.165) is 12.1 Å². The van der Waals surface area contributed by atoms with Crippen molar-refractivity contribution in [3.05, 3.63) is 106 Å². The molecule has 4 nitrogen and oxygen atoms in total. The minimum absolute atomic E-state index is 0.218. The van der Waals surface area contributed by atoms with E-state index >= 15 is 0 Å². The molecule has 1 amide bonds. The topological polar surface area (TPSA) is 54.3 Å². The lowest BCUT2D eigenvalue weighted by atomic mass is 10.1. The number of amides is 1. The first-order valence-electron chi connectivity index (χ1n) is 10.5. The van der Waals surface area contributed by atoms with E-state index in [1.54, 1.807) is 30.3 Å². The van der Waals surface area contributed by atoms with Gasteiger partial charge in [0.15, 0.2) is 5.11 Å². The molecule has 5 rings (SSSR count). The van der Waals surface area contributed by atoms with Crippen molar-refractivity contribution in [1.82, 2.24) is 5.32 Å². The first-order chi connectivity index (χ1) is 16.5. The summed E-state index contributed by atoms with van der Waals surface area (Å²) in [6.07, 6.45) is 3.80. The molecule has 0 unspecified atom stereocenters. The molecule has 1 aliphatic carbocycles. The Morgan fingerprint density at radius 1 is 0.912 bits per heavy atom.